The van der Waals surface area contributed by atoms with Crippen LogP contribution in [0.15, 0.2) is 91.1 Å². The van der Waals surface area contributed by atoms with Crippen molar-refractivity contribution in [2.24, 2.45) is 0 Å². The van der Waals surface area contributed by atoms with Gasteiger partial charge in [0, 0.05) is 53.5 Å². The Morgan fingerprint density at radius 3 is 2.28 bits per heavy atom. The van der Waals surface area contributed by atoms with E-state index in [0.717, 1.165) is 101 Å². The van der Waals surface area contributed by atoms with E-state index >= 15 is 0 Å². The van der Waals surface area contributed by atoms with Gasteiger partial charge in [0.2, 0.25) is 0 Å². The molecule has 9 heteroatoms. The SMILES string of the molecule is CC(C)(O)c1ccc2c(c1)C(=CCCN1CCC(OCc3ccc(Cl)cc3)C1)c1cccnc1CO2.Clc1ccc(CO[C@@H]2CCNC2)cc1. The summed E-state index contributed by atoms with van der Waals surface area (Å²) in [6, 6.07) is 25.7. The van der Waals surface area contributed by atoms with Crippen LogP contribution in [0.1, 0.15) is 66.6 Å². The molecule has 3 aliphatic rings. The second-order valence-electron chi connectivity index (χ2n) is 13.7. The summed E-state index contributed by atoms with van der Waals surface area (Å²) >= 11 is 11.8. The number of hydrogen-bond donors (Lipinski definition) is 2. The van der Waals surface area contributed by atoms with Gasteiger partial charge in [0.05, 0.1) is 36.7 Å². The number of rotatable bonds is 10. The average molecular weight is 717 g/mol. The highest BCUT2D eigenvalue weighted by molar-refractivity contribution is 6.30. The minimum atomic E-state index is -0.930. The number of nitrogens with one attached hydrogen (secondary N) is 1. The zero-order valence-electron chi connectivity index (χ0n) is 28.9. The fourth-order valence-electron chi connectivity index (χ4n) is 6.44. The molecule has 0 bridgehead atoms. The number of pyridine rings is 1. The smallest absolute Gasteiger partial charge is 0.131 e. The number of likely N-dealkylation sites (tertiary alicyclic amines) is 1. The second kappa shape index (κ2) is 17.3. The molecule has 3 aromatic carbocycles. The number of aromatic nitrogens is 1. The van der Waals surface area contributed by atoms with Crippen molar-refractivity contribution in [1.82, 2.24) is 15.2 Å². The molecule has 4 heterocycles. The summed E-state index contributed by atoms with van der Waals surface area (Å²) < 4.78 is 18.0. The normalized spacial score (nSPS) is 19.7. The van der Waals surface area contributed by atoms with Crippen LogP contribution in [-0.2, 0) is 34.9 Å². The molecule has 0 radical (unpaired) electrons. The molecule has 3 aliphatic heterocycles. The van der Waals surface area contributed by atoms with Gasteiger partial charge >= 0.3 is 0 Å². The van der Waals surface area contributed by atoms with E-state index in [1.54, 1.807) is 0 Å². The lowest BCUT2D eigenvalue weighted by Gasteiger charge is -2.20. The molecule has 0 amide bonds. The third kappa shape index (κ3) is 10.2. The van der Waals surface area contributed by atoms with Gasteiger partial charge in [-0.1, -0.05) is 65.7 Å². The number of benzene rings is 3. The van der Waals surface area contributed by atoms with Crippen molar-refractivity contribution in [3.63, 3.8) is 0 Å². The minimum absolute atomic E-state index is 0.250. The minimum Gasteiger partial charge on any atom is -0.487 e. The highest BCUT2D eigenvalue weighted by Crippen LogP contribution is 2.38. The van der Waals surface area contributed by atoms with Crippen molar-refractivity contribution in [1.29, 1.82) is 0 Å². The van der Waals surface area contributed by atoms with Gasteiger partial charge in [0.1, 0.15) is 12.4 Å². The molecule has 0 aliphatic carbocycles. The zero-order valence-corrected chi connectivity index (χ0v) is 30.4. The predicted molar refractivity (Wildman–Crippen MR) is 201 cm³/mol. The van der Waals surface area contributed by atoms with E-state index in [-0.39, 0.29) is 6.10 Å². The molecule has 7 rings (SSSR count). The van der Waals surface area contributed by atoms with Crippen molar-refractivity contribution in [2.45, 2.75) is 70.7 Å². The van der Waals surface area contributed by atoms with Crippen molar-refractivity contribution >= 4 is 28.8 Å². The number of hydrogen-bond acceptors (Lipinski definition) is 7. The van der Waals surface area contributed by atoms with Crippen molar-refractivity contribution in [2.75, 3.05) is 32.7 Å². The van der Waals surface area contributed by atoms with Crippen LogP contribution in [-0.4, -0.2) is 59.9 Å². The Morgan fingerprint density at radius 2 is 1.62 bits per heavy atom. The van der Waals surface area contributed by atoms with Gasteiger partial charge in [-0.15, -0.1) is 0 Å². The molecule has 0 saturated carbocycles. The van der Waals surface area contributed by atoms with Gasteiger partial charge in [-0.2, -0.15) is 0 Å². The van der Waals surface area contributed by atoms with Gasteiger partial charge < -0.3 is 29.5 Å². The largest absolute Gasteiger partial charge is 0.487 e. The summed E-state index contributed by atoms with van der Waals surface area (Å²) in [5.74, 6) is 0.823. The lowest BCUT2D eigenvalue weighted by atomic mass is 9.90. The molecular formula is C41H47Cl2N3O4. The van der Waals surface area contributed by atoms with Gasteiger partial charge in [-0.05, 0) is 104 Å². The van der Waals surface area contributed by atoms with Crippen LogP contribution in [0.4, 0.5) is 0 Å². The molecule has 1 aromatic heterocycles. The maximum atomic E-state index is 10.6. The predicted octanol–water partition coefficient (Wildman–Crippen LogP) is 8.19. The van der Waals surface area contributed by atoms with E-state index in [4.69, 9.17) is 37.4 Å². The third-order valence-electron chi connectivity index (χ3n) is 9.36. The molecule has 2 fully saturated rings. The highest BCUT2D eigenvalue weighted by atomic mass is 35.5. The zero-order chi connectivity index (χ0) is 34.9. The van der Waals surface area contributed by atoms with Crippen molar-refractivity contribution in [3.05, 3.63) is 135 Å². The Kier molecular flexibility index (Phi) is 12.6. The molecule has 50 heavy (non-hydrogen) atoms. The van der Waals surface area contributed by atoms with E-state index in [2.05, 4.69) is 33.4 Å². The first-order valence-corrected chi connectivity index (χ1v) is 18.3. The van der Waals surface area contributed by atoms with Crippen LogP contribution >= 0.6 is 23.2 Å². The first-order valence-electron chi connectivity index (χ1n) is 17.5. The highest BCUT2D eigenvalue weighted by Gasteiger charge is 2.25. The molecule has 2 saturated heterocycles. The molecule has 1 unspecified atom stereocenters. The summed E-state index contributed by atoms with van der Waals surface area (Å²) in [5, 5.41) is 15.4. The monoisotopic (exact) mass is 715 g/mol. The first-order chi connectivity index (χ1) is 24.2. The van der Waals surface area contributed by atoms with Gasteiger partial charge in [0.15, 0.2) is 0 Å². The van der Waals surface area contributed by atoms with Gasteiger partial charge in [-0.25, -0.2) is 0 Å². The average Bonchev–Trinajstić information content (AvgIpc) is 3.78. The lowest BCUT2D eigenvalue weighted by molar-refractivity contribution is 0.0468. The van der Waals surface area contributed by atoms with E-state index in [1.807, 2.05) is 86.8 Å². The van der Waals surface area contributed by atoms with E-state index in [0.29, 0.717) is 25.9 Å². The molecule has 7 nitrogen and oxygen atoms in total. The van der Waals surface area contributed by atoms with Crippen LogP contribution < -0.4 is 10.1 Å². The maximum Gasteiger partial charge on any atom is 0.131 e. The lowest BCUT2D eigenvalue weighted by Crippen LogP contribution is -2.24. The first kappa shape index (κ1) is 36.5. The quantitative estimate of drug-likeness (QED) is 0.172. The number of aliphatic hydroxyl groups is 1. The number of nitrogens with zero attached hydrogens (tertiary/aromatic N) is 2. The standard InChI is InChI=1S/C30H33ClN2O3.C11H14ClNO/c1-30(2,34)22-9-12-29-27(17-22)25(26-5-3-14-32-28(26)20-36-29)6-4-15-33-16-13-24(18-33)35-19-21-7-10-23(31)11-8-21;12-10-3-1-9(2-4-10)8-14-11-5-6-13-7-11/h3,5-12,14,17,24,34H,4,13,15-16,18-20H2,1-2H3;1-4,11,13H,5-8H2/t;11-/m.1/s1. The van der Waals surface area contributed by atoms with Crippen LogP contribution in [0.5, 0.6) is 5.75 Å². The summed E-state index contributed by atoms with van der Waals surface area (Å²) in [6.07, 6.45) is 7.80. The Labute approximate surface area is 306 Å². The van der Waals surface area contributed by atoms with Gasteiger partial charge in [-0.3, -0.25) is 4.98 Å². The van der Waals surface area contributed by atoms with Crippen LogP contribution in [0.25, 0.3) is 5.57 Å². The summed E-state index contributed by atoms with van der Waals surface area (Å²) in [5.41, 5.74) is 6.41. The van der Waals surface area contributed by atoms with E-state index in [9.17, 15) is 5.11 Å². The Hall–Kier alpha value is -3.27. The Bertz CT molecular complexity index is 1720. The van der Waals surface area contributed by atoms with E-state index < -0.39 is 5.60 Å². The second-order valence-corrected chi connectivity index (χ2v) is 14.5. The number of fused-ring (bicyclic) bond motifs is 2. The summed E-state index contributed by atoms with van der Waals surface area (Å²) in [6.45, 7) is 10.3. The van der Waals surface area contributed by atoms with Crippen LogP contribution in [0.2, 0.25) is 10.0 Å². The van der Waals surface area contributed by atoms with Crippen LogP contribution in [0, 0.1) is 0 Å². The molecule has 264 valence electrons. The fourth-order valence-corrected chi connectivity index (χ4v) is 6.70. The molecule has 2 atom stereocenters. The van der Waals surface area contributed by atoms with E-state index in [1.165, 1.54) is 5.56 Å². The molecule has 2 N–H and O–H groups in total. The Morgan fingerprint density at radius 1 is 0.920 bits per heavy atom. The maximum absolute atomic E-state index is 10.6. The van der Waals surface area contributed by atoms with Gasteiger partial charge in [0.25, 0.3) is 0 Å². The summed E-state index contributed by atoms with van der Waals surface area (Å²) in [4.78, 5) is 7.05. The number of ether oxygens (including phenoxy) is 3. The third-order valence-corrected chi connectivity index (χ3v) is 9.86. The molecular weight excluding hydrogens is 669 g/mol. The number of halogens is 2. The molecule has 4 aromatic rings. The molecule has 0 spiro atoms. The summed E-state index contributed by atoms with van der Waals surface area (Å²) in [7, 11) is 0. The van der Waals surface area contributed by atoms with Crippen molar-refractivity contribution < 1.29 is 19.3 Å². The van der Waals surface area contributed by atoms with Crippen LogP contribution in [0.3, 0.4) is 0 Å². The fraction of sp³-hybridized carbons (Fsp3) is 0.390. The van der Waals surface area contributed by atoms with Crippen molar-refractivity contribution in [3.8, 4) is 5.75 Å². The topological polar surface area (TPSA) is 76.1 Å². The Balaban J connectivity index is 0.000000257.